The standard InChI is InChI=1S/C19H21O3P/c1-16(20)22-19(23-21,18-13-6-3-7-14-18)15-9-8-12-17-10-4-2-5-11-17/h2-7,10-11,13-14H,8-9,12,15H2,1H3. The molecule has 4 heteroatoms. The molecule has 0 amide bonds. The average Bonchev–Trinajstić information content (AvgIpc) is 2.59. The molecule has 0 aliphatic heterocycles. The van der Waals surface area contributed by atoms with Crippen molar-refractivity contribution >= 4 is 14.4 Å². The van der Waals surface area contributed by atoms with Gasteiger partial charge in [-0.2, -0.15) is 0 Å². The smallest absolute Gasteiger partial charge is 0.304 e. The largest absolute Gasteiger partial charge is 0.442 e. The van der Waals surface area contributed by atoms with E-state index in [0.717, 1.165) is 24.8 Å². The zero-order valence-corrected chi connectivity index (χ0v) is 14.2. The molecule has 0 aromatic heterocycles. The molecule has 0 spiro atoms. The normalized spacial score (nSPS) is 13.4. The number of unbranched alkanes of at least 4 members (excludes halogenated alkanes) is 1. The van der Waals surface area contributed by atoms with E-state index in [1.165, 1.54) is 12.5 Å². The predicted octanol–water partition coefficient (Wildman–Crippen LogP) is 5.11. The third-order valence-corrected chi connectivity index (χ3v) is 4.63. The van der Waals surface area contributed by atoms with E-state index in [1.54, 1.807) is 0 Å². The summed E-state index contributed by atoms with van der Waals surface area (Å²) in [4.78, 5) is 11.5. The number of benzene rings is 2. The molecule has 1 atom stereocenters. The van der Waals surface area contributed by atoms with Crippen molar-refractivity contribution in [2.75, 3.05) is 0 Å². The van der Waals surface area contributed by atoms with Crippen molar-refractivity contribution in [3.8, 4) is 0 Å². The number of hydrogen-bond acceptors (Lipinski definition) is 3. The lowest BCUT2D eigenvalue weighted by Crippen LogP contribution is -2.25. The average molecular weight is 328 g/mol. The SMILES string of the molecule is CC(=O)OC(CCCCc1ccccc1)(P=O)c1ccccc1. The van der Waals surface area contributed by atoms with E-state index in [-0.39, 0.29) is 8.46 Å². The second-order valence-electron chi connectivity index (χ2n) is 5.53. The fraction of sp³-hybridized carbons (Fsp3) is 0.316. The fourth-order valence-corrected chi connectivity index (χ4v) is 3.32. The van der Waals surface area contributed by atoms with Crippen LogP contribution >= 0.6 is 8.46 Å². The fourth-order valence-electron chi connectivity index (χ4n) is 2.65. The van der Waals surface area contributed by atoms with Gasteiger partial charge in [-0.3, -0.25) is 9.36 Å². The first-order chi connectivity index (χ1) is 11.2. The van der Waals surface area contributed by atoms with Crippen LogP contribution in [0, 0.1) is 0 Å². The zero-order chi connectivity index (χ0) is 16.5. The summed E-state index contributed by atoms with van der Waals surface area (Å²) in [6.45, 7) is 1.35. The van der Waals surface area contributed by atoms with Crippen LogP contribution in [-0.4, -0.2) is 5.97 Å². The molecule has 0 bridgehead atoms. The van der Waals surface area contributed by atoms with Crippen LogP contribution in [-0.2, 0) is 25.9 Å². The molecule has 0 heterocycles. The molecule has 120 valence electrons. The number of carbonyl (C=O) groups excluding carboxylic acids is 1. The third-order valence-electron chi connectivity index (χ3n) is 3.76. The molecule has 1 unspecified atom stereocenters. The number of aryl methyl sites for hydroxylation is 1. The van der Waals surface area contributed by atoms with E-state index >= 15 is 0 Å². The van der Waals surface area contributed by atoms with Gasteiger partial charge in [-0.25, -0.2) is 0 Å². The topological polar surface area (TPSA) is 43.4 Å². The Balaban J connectivity index is 2.03. The van der Waals surface area contributed by atoms with E-state index in [2.05, 4.69) is 12.1 Å². The molecule has 0 radical (unpaired) electrons. The molecule has 3 nitrogen and oxygen atoms in total. The number of ether oxygens (including phenoxy) is 1. The minimum atomic E-state index is -1.08. The minimum absolute atomic E-state index is 0.187. The highest BCUT2D eigenvalue weighted by Gasteiger charge is 2.36. The van der Waals surface area contributed by atoms with Gasteiger partial charge in [-0.15, -0.1) is 0 Å². The summed E-state index contributed by atoms with van der Waals surface area (Å²) >= 11 is 0. The first-order valence-corrected chi connectivity index (χ1v) is 8.61. The minimum Gasteiger partial charge on any atom is -0.442 e. The van der Waals surface area contributed by atoms with Gasteiger partial charge in [0.15, 0.2) is 0 Å². The van der Waals surface area contributed by atoms with E-state index < -0.39 is 11.3 Å². The zero-order valence-electron chi connectivity index (χ0n) is 13.3. The van der Waals surface area contributed by atoms with Crippen LogP contribution in [0.25, 0.3) is 0 Å². The molecule has 0 aliphatic rings. The molecule has 2 aromatic rings. The lowest BCUT2D eigenvalue weighted by Gasteiger charge is -2.27. The van der Waals surface area contributed by atoms with Crippen LogP contribution in [0.1, 0.15) is 37.3 Å². The van der Waals surface area contributed by atoms with Crippen molar-refractivity contribution in [2.45, 2.75) is 37.9 Å². The highest BCUT2D eigenvalue weighted by Crippen LogP contribution is 2.41. The molecule has 0 N–H and O–H groups in total. The van der Waals surface area contributed by atoms with E-state index in [1.807, 2.05) is 48.5 Å². The van der Waals surface area contributed by atoms with E-state index in [4.69, 9.17) is 4.74 Å². The van der Waals surface area contributed by atoms with Gasteiger partial charge in [0, 0.05) is 18.9 Å². The first kappa shape index (κ1) is 17.4. The van der Waals surface area contributed by atoms with Crippen molar-refractivity contribution in [1.82, 2.24) is 0 Å². The highest BCUT2D eigenvalue weighted by atomic mass is 31.1. The summed E-state index contributed by atoms with van der Waals surface area (Å²) < 4.78 is 17.3. The lowest BCUT2D eigenvalue weighted by atomic mass is 10.0. The summed E-state index contributed by atoms with van der Waals surface area (Å²) in [5.74, 6) is -0.416. The summed E-state index contributed by atoms with van der Waals surface area (Å²) in [5, 5.41) is -1.08. The molecule has 0 saturated heterocycles. The van der Waals surface area contributed by atoms with Crippen LogP contribution in [0.5, 0.6) is 0 Å². The monoisotopic (exact) mass is 328 g/mol. The molecule has 2 aromatic carbocycles. The van der Waals surface area contributed by atoms with Crippen molar-refractivity contribution < 1.29 is 14.1 Å². The Labute approximate surface area is 138 Å². The third kappa shape index (κ3) is 5.01. The Kier molecular flexibility index (Phi) is 6.49. The van der Waals surface area contributed by atoms with Crippen LogP contribution in [0.15, 0.2) is 60.7 Å². The quantitative estimate of drug-likeness (QED) is 0.384. The Morgan fingerprint density at radius 2 is 1.61 bits per heavy atom. The van der Waals surface area contributed by atoms with Gasteiger partial charge in [0.2, 0.25) is 13.8 Å². The predicted molar refractivity (Wildman–Crippen MR) is 91.5 cm³/mol. The molecule has 0 aliphatic carbocycles. The Bertz CT molecular complexity index is 628. The molecule has 2 rings (SSSR count). The molecule has 0 saturated carbocycles. The van der Waals surface area contributed by atoms with Gasteiger partial charge in [-0.05, 0) is 24.8 Å². The second-order valence-corrected chi connectivity index (χ2v) is 6.43. The van der Waals surface area contributed by atoms with Gasteiger partial charge in [-0.1, -0.05) is 60.7 Å². The number of rotatable bonds is 8. The van der Waals surface area contributed by atoms with Gasteiger partial charge in [0.05, 0.1) is 0 Å². The lowest BCUT2D eigenvalue weighted by molar-refractivity contribution is -0.150. The maximum Gasteiger partial charge on any atom is 0.304 e. The van der Waals surface area contributed by atoms with Crippen LogP contribution < -0.4 is 0 Å². The van der Waals surface area contributed by atoms with Crippen LogP contribution in [0.4, 0.5) is 0 Å². The summed E-state index contributed by atoms with van der Waals surface area (Å²) in [6, 6.07) is 19.6. The van der Waals surface area contributed by atoms with E-state index in [9.17, 15) is 9.36 Å². The van der Waals surface area contributed by atoms with Crippen molar-refractivity contribution in [3.05, 3.63) is 71.8 Å². The van der Waals surface area contributed by atoms with Crippen molar-refractivity contribution in [1.29, 1.82) is 0 Å². The summed E-state index contributed by atoms with van der Waals surface area (Å²) in [6.07, 6.45) is 3.28. The summed E-state index contributed by atoms with van der Waals surface area (Å²) in [7, 11) is -0.187. The highest BCUT2D eigenvalue weighted by molar-refractivity contribution is 7.25. The molecular weight excluding hydrogens is 307 g/mol. The van der Waals surface area contributed by atoms with Crippen LogP contribution in [0.3, 0.4) is 0 Å². The molecule has 0 fully saturated rings. The molecular formula is C19H21O3P. The number of carbonyl (C=O) groups is 1. The number of hydrogen-bond donors (Lipinski definition) is 0. The Morgan fingerprint density at radius 1 is 1.00 bits per heavy atom. The van der Waals surface area contributed by atoms with Gasteiger partial charge in [0.1, 0.15) is 0 Å². The second kappa shape index (κ2) is 8.59. The van der Waals surface area contributed by atoms with Crippen molar-refractivity contribution in [2.24, 2.45) is 0 Å². The van der Waals surface area contributed by atoms with Crippen LogP contribution in [0.2, 0.25) is 0 Å². The van der Waals surface area contributed by atoms with Gasteiger partial charge >= 0.3 is 5.97 Å². The Morgan fingerprint density at radius 3 is 2.17 bits per heavy atom. The number of esters is 1. The maximum atomic E-state index is 11.8. The molecule has 23 heavy (non-hydrogen) atoms. The van der Waals surface area contributed by atoms with Gasteiger partial charge < -0.3 is 4.74 Å². The maximum absolute atomic E-state index is 11.8. The Hall–Kier alpha value is -1.99. The first-order valence-electron chi connectivity index (χ1n) is 7.80. The summed E-state index contributed by atoms with van der Waals surface area (Å²) in [5.41, 5.74) is 2.05. The van der Waals surface area contributed by atoms with Gasteiger partial charge in [0.25, 0.3) is 0 Å². The van der Waals surface area contributed by atoms with Crippen molar-refractivity contribution in [3.63, 3.8) is 0 Å². The van der Waals surface area contributed by atoms with E-state index in [0.29, 0.717) is 6.42 Å².